The first kappa shape index (κ1) is 14.5. The van der Waals surface area contributed by atoms with Crippen LogP contribution < -0.4 is 11.1 Å². The van der Waals surface area contributed by atoms with Crippen LogP contribution in [0.4, 0.5) is 5.13 Å². The maximum Gasteiger partial charge on any atom is 0.230 e. The fourth-order valence-corrected chi connectivity index (χ4v) is 3.30. The molecule has 0 spiro atoms. The van der Waals surface area contributed by atoms with Crippen LogP contribution in [0.1, 0.15) is 17.8 Å². The standard InChI is InChI=1S/C11H19N5OS2/c12-11-15-14-10(19-11)7-13-9(17)8-18-6-5-16-3-1-2-4-16/h1-8H2,(H2,12,15)(H,13,17). The van der Waals surface area contributed by atoms with Crippen LogP contribution in [0.3, 0.4) is 0 Å². The Morgan fingerprint density at radius 1 is 1.42 bits per heavy atom. The van der Waals surface area contributed by atoms with E-state index in [0.717, 1.165) is 17.3 Å². The summed E-state index contributed by atoms with van der Waals surface area (Å²) < 4.78 is 0. The van der Waals surface area contributed by atoms with Crippen molar-refractivity contribution < 1.29 is 4.79 Å². The van der Waals surface area contributed by atoms with Gasteiger partial charge in [0.05, 0.1) is 12.3 Å². The van der Waals surface area contributed by atoms with Crippen LogP contribution in [0.25, 0.3) is 0 Å². The van der Waals surface area contributed by atoms with Gasteiger partial charge >= 0.3 is 0 Å². The monoisotopic (exact) mass is 301 g/mol. The lowest BCUT2D eigenvalue weighted by atomic mass is 10.4. The van der Waals surface area contributed by atoms with Crippen molar-refractivity contribution in [1.29, 1.82) is 0 Å². The van der Waals surface area contributed by atoms with Crippen molar-refractivity contribution in [2.45, 2.75) is 19.4 Å². The summed E-state index contributed by atoms with van der Waals surface area (Å²) in [5.41, 5.74) is 5.47. The molecule has 0 saturated carbocycles. The molecule has 0 bridgehead atoms. The molecule has 2 heterocycles. The van der Waals surface area contributed by atoms with Crippen LogP contribution in [0.15, 0.2) is 0 Å². The number of nitrogen functional groups attached to an aromatic ring is 1. The first-order valence-corrected chi connectivity index (χ1v) is 8.36. The third kappa shape index (κ3) is 5.33. The average Bonchev–Trinajstić information content (AvgIpc) is 3.03. The van der Waals surface area contributed by atoms with Crippen molar-refractivity contribution in [2.75, 3.05) is 36.9 Å². The molecule has 1 aliphatic rings. The lowest BCUT2D eigenvalue weighted by molar-refractivity contribution is -0.118. The van der Waals surface area contributed by atoms with Gasteiger partial charge in [0.15, 0.2) is 0 Å². The Bertz CT molecular complexity index is 406. The smallest absolute Gasteiger partial charge is 0.230 e. The Morgan fingerprint density at radius 2 is 2.21 bits per heavy atom. The Labute approximate surface area is 121 Å². The van der Waals surface area contributed by atoms with E-state index in [9.17, 15) is 4.79 Å². The number of carbonyl (C=O) groups is 1. The van der Waals surface area contributed by atoms with Crippen molar-refractivity contribution in [1.82, 2.24) is 20.4 Å². The lowest BCUT2D eigenvalue weighted by Gasteiger charge is -2.13. The van der Waals surface area contributed by atoms with E-state index in [-0.39, 0.29) is 5.91 Å². The van der Waals surface area contributed by atoms with Gasteiger partial charge in [-0.25, -0.2) is 0 Å². The van der Waals surface area contributed by atoms with E-state index in [4.69, 9.17) is 5.73 Å². The molecular weight excluding hydrogens is 282 g/mol. The van der Waals surface area contributed by atoms with E-state index in [1.807, 2.05) is 0 Å². The van der Waals surface area contributed by atoms with Gasteiger partial charge in [0.2, 0.25) is 11.0 Å². The number of amides is 1. The Balaban J connectivity index is 1.52. The van der Waals surface area contributed by atoms with Crippen LogP contribution in [0.5, 0.6) is 0 Å². The zero-order valence-corrected chi connectivity index (χ0v) is 12.4. The molecule has 2 rings (SSSR count). The van der Waals surface area contributed by atoms with Crippen molar-refractivity contribution in [2.24, 2.45) is 0 Å². The number of hydrogen-bond acceptors (Lipinski definition) is 7. The summed E-state index contributed by atoms with van der Waals surface area (Å²) in [6, 6.07) is 0. The van der Waals surface area contributed by atoms with Crippen LogP contribution in [0.2, 0.25) is 0 Å². The molecule has 8 heteroatoms. The van der Waals surface area contributed by atoms with E-state index < -0.39 is 0 Å². The molecule has 1 aromatic heterocycles. The minimum atomic E-state index is 0.0418. The molecule has 0 aliphatic carbocycles. The summed E-state index contributed by atoms with van der Waals surface area (Å²) in [6.45, 7) is 3.93. The molecule has 1 aromatic rings. The SMILES string of the molecule is Nc1nnc(CNC(=O)CSCCN2CCCC2)s1. The molecule has 0 aromatic carbocycles. The third-order valence-electron chi connectivity index (χ3n) is 2.90. The van der Waals surface area contributed by atoms with E-state index >= 15 is 0 Å². The average molecular weight is 301 g/mol. The summed E-state index contributed by atoms with van der Waals surface area (Å²) >= 11 is 2.98. The van der Waals surface area contributed by atoms with Gasteiger partial charge in [0.1, 0.15) is 5.01 Å². The predicted molar refractivity (Wildman–Crippen MR) is 79.2 cm³/mol. The molecule has 1 amide bonds. The number of anilines is 1. The molecular formula is C11H19N5OS2. The molecule has 0 radical (unpaired) electrons. The summed E-state index contributed by atoms with van der Waals surface area (Å²) in [6.07, 6.45) is 2.63. The Kier molecular flexibility index (Phi) is 5.87. The van der Waals surface area contributed by atoms with Crippen LogP contribution in [0, 0.1) is 0 Å². The van der Waals surface area contributed by atoms with E-state index in [1.54, 1.807) is 11.8 Å². The number of likely N-dealkylation sites (tertiary alicyclic amines) is 1. The summed E-state index contributed by atoms with van der Waals surface area (Å²) in [5.74, 6) is 1.56. The number of aromatic nitrogens is 2. The van der Waals surface area contributed by atoms with Gasteiger partial charge in [-0.2, -0.15) is 11.8 Å². The minimum absolute atomic E-state index is 0.0418. The predicted octanol–water partition coefficient (Wildman–Crippen LogP) is 0.565. The van der Waals surface area contributed by atoms with Crippen LogP contribution in [-0.4, -0.2) is 52.1 Å². The largest absolute Gasteiger partial charge is 0.374 e. The Hall–Kier alpha value is -0.860. The highest BCUT2D eigenvalue weighted by atomic mass is 32.2. The zero-order chi connectivity index (χ0) is 13.5. The molecule has 1 saturated heterocycles. The lowest BCUT2D eigenvalue weighted by Crippen LogP contribution is -2.26. The highest BCUT2D eigenvalue weighted by molar-refractivity contribution is 7.99. The number of nitrogens with two attached hydrogens (primary N) is 1. The topological polar surface area (TPSA) is 84.1 Å². The second-order valence-corrected chi connectivity index (χ2v) is 6.61. The first-order valence-electron chi connectivity index (χ1n) is 6.38. The zero-order valence-electron chi connectivity index (χ0n) is 10.8. The summed E-state index contributed by atoms with van der Waals surface area (Å²) in [4.78, 5) is 14.1. The second-order valence-electron chi connectivity index (χ2n) is 4.41. The van der Waals surface area contributed by atoms with Crippen LogP contribution in [-0.2, 0) is 11.3 Å². The maximum atomic E-state index is 11.6. The van der Waals surface area contributed by atoms with Gasteiger partial charge in [-0.1, -0.05) is 11.3 Å². The minimum Gasteiger partial charge on any atom is -0.374 e. The van der Waals surface area contributed by atoms with Crippen LogP contribution >= 0.6 is 23.1 Å². The number of nitrogens with zero attached hydrogens (tertiary/aromatic N) is 3. The first-order chi connectivity index (χ1) is 9.24. The summed E-state index contributed by atoms with van der Waals surface area (Å²) in [5, 5.41) is 11.5. The van der Waals surface area contributed by atoms with E-state index in [1.165, 1.54) is 37.3 Å². The van der Waals surface area contributed by atoms with Crippen molar-refractivity contribution >= 4 is 34.1 Å². The highest BCUT2D eigenvalue weighted by Gasteiger charge is 2.11. The van der Waals surface area contributed by atoms with Crippen molar-refractivity contribution in [3.63, 3.8) is 0 Å². The number of rotatable bonds is 7. The van der Waals surface area contributed by atoms with E-state index in [2.05, 4.69) is 20.4 Å². The van der Waals surface area contributed by atoms with Gasteiger partial charge in [-0.3, -0.25) is 4.79 Å². The third-order valence-corrected chi connectivity index (χ3v) is 4.59. The molecule has 1 fully saturated rings. The fourth-order valence-electron chi connectivity index (χ4n) is 1.93. The molecule has 6 nitrogen and oxygen atoms in total. The summed E-state index contributed by atoms with van der Waals surface area (Å²) in [7, 11) is 0. The fraction of sp³-hybridized carbons (Fsp3) is 0.727. The quantitative estimate of drug-likeness (QED) is 0.716. The number of carbonyl (C=O) groups excluding carboxylic acids is 1. The second kappa shape index (κ2) is 7.66. The van der Waals surface area contributed by atoms with Crippen molar-refractivity contribution in [3.8, 4) is 0 Å². The van der Waals surface area contributed by atoms with E-state index in [0.29, 0.717) is 17.4 Å². The number of nitrogens with one attached hydrogen (secondary N) is 1. The maximum absolute atomic E-state index is 11.6. The van der Waals surface area contributed by atoms with Gasteiger partial charge in [0, 0.05) is 12.3 Å². The number of thioether (sulfide) groups is 1. The van der Waals surface area contributed by atoms with Gasteiger partial charge in [-0.15, -0.1) is 10.2 Å². The van der Waals surface area contributed by atoms with Gasteiger partial charge < -0.3 is 16.0 Å². The molecule has 1 aliphatic heterocycles. The van der Waals surface area contributed by atoms with Crippen molar-refractivity contribution in [3.05, 3.63) is 5.01 Å². The molecule has 19 heavy (non-hydrogen) atoms. The molecule has 0 unspecified atom stereocenters. The van der Waals surface area contributed by atoms with Gasteiger partial charge in [-0.05, 0) is 25.9 Å². The van der Waals surface area contributed by atoms with Gasteiger partial charge in [0.25, 0.3) is 0 Å². The Morgan fingerprint density at radius 3 is 2.89 bits per heavy atom. The molecule has 3 N–H and O–H groups in total. The highest BCUT2D eigenvalue weighted by Crippen LogP contribution is 2.11. The number of hydrogen-bond donors (Lipinski definition) is 2. The molecule has 0 atom stereocenters. The molecule has 106 valence electrons. The normalized spacial score (nSPS) is 15.8.